The average Bonchev–Trinajstić information content (AvgIpc) is 3.21. The first kappa shape index (κ1) is 16.6. The van der Waals surface area contributed by atoms with Crippen LogP contribution in [0.25, 0.3) is 0 Å². The summed E-state index contributed by atoms with van der Waals surface area (Å²) < 4.78 is 25.8. The van der Waals surface area contributed by atoms with Crippen molar-refractivity contribution in [3.8, 4) is 0 Å². The second kappa shape index (κ2) is 5.99. The highest BCUT2D eigenvalue weighted by Gasteiger charge is 2.45. The topological polar surface area (TPSA) is 92.3 Å². The number of sulfonamides is 1. The minimum atomic E-state index is -3.31. The van der Waals surface area contributed by atoms with Crippen LogP contribution in [-0.4, -0.2) is 54.6 Å². The monoisotopic (exact) mass is 358 g/mol. The lowest BCUT2D eigenvalue weighted by molar-refractivity contribution is 0.0778. The van der Waals surface area contributed by atoms with E-state index in [0.29, 0.717) is 24.8 Å². The molecule has 0 spiro atoms. The maximum absolute atomic E-state index is 12.7. The molecule has 1 aromatic heterocycles. The highest BCUT2D eigenvalue weighted by atomic mass is 35.5. The molecule has 1 aliphatic heterocycles. The molecule has 2 heterocycles. The van der Waals surface area contributed by atoms with E-state index in [9.17, 15) is 13.2 Å². The summed E-state index contributed by atoms with van der Waals surface area (Å²) in [5.41, 5.74) is 0.175. The molecule has 0 aromatic carbocycles. The largest absolute Gasteiger partial charge is 0.335 e. The van der Waals surface area contributed by atoms with Crippen molar-refractivity contribution in [3.63, 3.8) is 0 Å². The lowest BCUT2D eigenvalue weighted by Crippen LogP contribution is -2.41. The van der Waals surface area contributed by atoms with Gasteiger partial charge in [-0.05, 0) is 31.6 Å². The second-order valence-electron chi connectivity index (χ2n) is 6.32. The number of nitrogens with zero attached hydrogens (tertiary/aromatic N) is 3. The van der Waals surface area contributed by atoms with Crippen LogP contribution in [0.4, 0.5) is 0 Å². The zero-order chi connectivity index (χ0) is 16.8. The molecule has 0 unspecified atom stereocenters. The van der Waals surface area contributed by atoms with Gasteiger partial charge in [0.1, 0.15) is 5.82 Å². The van der Waals surface area contributed by atoms with Gasteiger partial charge in [-0.15, -0.1) is 0 Å². The van der Waals surface area contributed by atoms with Crippen molar-refractivity contribution in [2.45, 2.75) is 25.8 Å². The van der Waals surface area contributed by atoms with Gasteiger partial charge in [-0.1, -0.05) is 11.6 Å². The number of nitrogens with one attached hydrogen (secondary N) is 1. The van der Waals surface area contributed by atoms with E-state index in [1.54, 1.807) is 11.8 Å². The Bertz CT molecular complexity index is 736. The Morgan fingerprint density at radius 3 is 2.70 bits per heavy atom. The fourth-order valence-corrected chi connectivity index (χ4v) is 4.12. The summed E-state index contributed by atoms with van der Waals surface area (Å²) in [6.07, 6.45) is 4.73. The van der Waals surface area contributed by atoms with Crippen LogP contribution in [0.2, 0.25) is 5.02 Å². The summed E-state index contributed by atoms with van der Waals surface area (Å²) in [6, 6.07) is -0.247. The van der Waals surface area contributed by atoms with Gasteiger partial charge in [0.25, 0.3) is 5.91 Å². The summed E-state index contributed by atoms with van der Waals surface area (Å²) >= 11 is 6.04. The molecule has 1 N–H and O–H groups in total. The summed E-state index contributed by atoms with van der Waals surface area (Å²) in [6.45, 7) is 2.56. The molecular weight excluding hydrogens is 340 g/mol. The fraction of sp³-hybridized carbons (Fsp3) is 0.643. The van der Waals surface area contributed by atoms with E-state index in [1.165, 1.54) is 6.20 Å². The van der Waals surface area contributed by atoms with Crippen LogP contribution in [0.15, 0.2) is 6.20 Å². The van der Waals surface area contributed by atoms with E-state index in [-0.39, 0.29) is 28.6 Å². The molecule has 1 saturated heterocycles. The van der Waals surface area contributed by atoms with Crippen LogP contribution in [0, 0.1) is 18.8 Å². The molecule has 7 nitrogen and oxygen atoms in total. The van der Waals surface area contributed by atoms with Gasteiger partial charge >= 0.3 is 0 Å². The Morgan fingerprint density at radius 1 is 1.39 bits per heavy atom. The van der Waals surface area contributed by atoms with Gasteiger partial charge in [-0.2, -0.15) is 0 Å². The van der Waals surface area contributed by atoms with Crippen molar-refractivity contribution in [2.75, 3.05) is 19.3 Å². The molecular formula is C14H19ClN4O3S. The lowest BCUT2D eigenvalue weighted by Gasteiger charge is -2.17. The first-order valence-corrected chi connectivity index (χ1v) is 9.77. The number of halogens is 1. The van der Waals surface area contributed by atoms with E-state index in [1.807, 2.05) is 0 Å². The molecule has 2 aliphatic rings. The first-order chi connectivity index (χ1) is 10.7. The third-order valence-electron chi connectivity index (χ3n) is 4.31. The third kappa shape index (κ3) is 3.81. The average molecular weight is 359 g/mol. The van der Waals surface area contributed by atoms with E-state index in [2.05, 4.69) is 14.7 Å². The van der Waals surface area contributed by atoms with Crippen molar-refractivity contribution in [2.24, 2.45) is 11.8 Å². The SMILES string of the molecule is Cc1ncc(Cl)c(C(=O)N2C[C@@H](NS(C)(=O)=O)[C@H](C3CC3)C2)n1. The van der Waals surface area contributed by atoms with Gasteiger partial charge in [-0.3, -0.25) is 4.79 Å². The molecule has 1 aromatic rings. The molecule has 126 valence electrons. The van der Waals surface area contributed by atoms with Crippen LogP contribution >= 0.6 is 11.6 Å². The number of hydrogen-bond donors (Lipinski definition) is 1. The number of aryl methyl sites for hydroxylation is 1. The van der Waals surface area contributed by atoms with E-state index in [0.717, 1.165) is 19.1 Å². The molecule has 2 fully saturated rings. The second-order valence-corrected chi connectivity index (χ2v) is 8.51. The Balaban J connectivity index is 1.80. The predicted molar refractivity (Wildman–Crippen MR) is 85.7 cm³/mol. The van der Waals surface area contributed by atoms with Crippen molar-refractivity contribution < 1.29 is 13.2 Å². The molecule has 3 rings (SSSR count). The highest BCUT2D eigenvalue weighted by Crippen LogP contribution is 2.41. The summed E-state index contributed by atoms with van der Waals surface area (Å²) in [5, 5.41) is 0.211. The molecule has 2 atom stereocenters. The van der Waals surface area contributed by atoms with Crippen LogP contribution < -0.4 is 4.72 Å². The molecule has 1 saturated carbocycles. The number of carbonyl (C=O) groups excluding carboxylic acids is 1. The Morgan fingerprint density at radius 2 is 2.09 bits per heavy atom. The maximum atomic E-state index is 12.7. The van der Waals surface area contributed by atoms with Crippen LogP contribution in [0.1, 0.15) is 29.2 Å². The molecule has 0 radical (unpaired) electrons. The van der Waals surface area contributed by atoms with Crippen molar-refractivity contribution in [1.29, 1.82) is 0 Å². The van der Waals surface area contributed by atoms with Crippen LogP contribution in [-0.2, 0) is 10.0 Å². The van der Waals surface area contributed by atoms with Crippen LogP contribution in [0.3, 0.4) is 0 Å². The third-order valence-corrected chi connectivity index (χ3v) is 5.32. The van der Waals surface area contributed by atoms with Gasteiger partial charge < -0.3 is 4.90 Å². The Kier molecular flexibility index (Phi) is 4.33. The minimum absolute atomic E-state index is 0.149. The number of likely N-dealkylation sites (tertiary alicyclic amines) is 1. The van der Waals surface area contributed by atoms with Gasteiger partial charge in [0, 0.05) is 19.1 Å². The van der Waals surface area contributed by atoms with E-state index >= 15 is 0 Å². The fourth-order valence-electron chi connectivity index (χ4n) is 3.15. The Labute approximate surface area is 140 Å². The smallest absolute Gasteiger partial charge is 0.274 e. The number of rotatable bonds is 4. The highest BCUT2D eigenvalue weighted by molar-refractivity contribution is 7.88. The summed E-state index contributed by atoms with van der Waals surface area (Å²) in [5.74, 6) is 0.829. The van der Waals surface area contributed by atoms with Crippen molar-refractivity contribution in [3.05, 3.63) is 22.7 Å². The van der Waals surface area contributed by atoms with Gasteiger partial charge in [0.15, 0.2) is 5.69 Å². The predicted octanol–water partition coefficient (Wildman–Crippen LogP) is 0.838. The quantitative estimate of drug-likeness (QED) is 0.861. The maximum Gasteiger partial charge on any atom is 0.274 e. The molecule has 1 amide bonds. The minimum Gasteiger partial charge on any atom is -0.335 e. The number of amides is 1. The Hall–Kier alpha value is -1.25. The number of carbonyl (C=O) groups is 1. The molecule has 0 bridgehead atoms. The summed E-state index contributed by atoms with van der Waals surface area (Å²) in [7, 11) is -3.31. The van der Waals surface area contributed by atoms with Gasteiger partial charge in [0.05, 0.1) is 17.5 Å². The van der Waals surface area contributed by atoms with E-state index < -0.39 is 10.0 Å². The standard InChI is InChI=1S/C14H19ClN4O3S/c1-8-16-5-11(15)13(17-8)14(20)19-6-10(9-3-4-9)12(7-19)18-23(2,21)22/h5,9-10,12,18H,3-4,6-7H2,1-2H3/t10-,12+/m0/s1. The van der Waals surface area contributed by atoms with Crippen molar-refractivity contribution >= 4 is 27.5 Å². The normalized spacial score (nSPS) is 24.9. The van der Waals surface area contributed by atoms with Gasteiger partial charge in [-0.25, -0.2) is 23.1 Å². The van der Waals surface area contributed by atoms with Crippen LogP contribution in [0.5, 0.6) is 0 Å². The van der Waals surface area contributed by atoms with Gasteiger partial charge in [0.2, 0.25) is 10.0 Å². The first-order valence-electron chi connectivity index (χ1n) is 7.50. The zero-order valence-electron chi connectivity index (χ0n) is 13.0. The summed E-state index contributed by atoms with van der Waals surface area (Å²) in [4.78, 5) is 22.4. The van der Waals surface area contributed by atoms with E-state index in [4.69, 9.17) is 11.6 Å². The molecule has 1 aliphatic carbocycles. The number of aromatic nitrogens is 2. The number of hydrogen-bond acceptors (Lipinski definition) is 5. The zero-order valence-corrected chi connectivity index (χ0v) is 14.6. The lowest BCUT2D eigenvalue weighted by atomic mass is 9.99. The van der Waals surface area contributed by atoms with Crippen molar-refractivity contribution in [1.82, 2.24) is 19.6 Å². The molecule has 9 heteroatoms. The molecule has 23 heavy (non-hydrogen) atoms.